The van der Waals surface area contributed by atoms with Crippen molar-refractivity contribution in [3.05, 3.63) is 35.9 Å². The molecule has 0 spiro atoms. The molecule has 2 aromatic rings. The van der Waals surface area contributed by atoms with Gasteiger partial charge in [-0.05, 0) is 37.8 Å². The minimum absolute atomic E-state index is 0.00482. The number of hydrogen-bond donors (Lipinski definition) is 1. The third-order valence-corrected chi connectivity index (χ3v) is 4.69. The molecule has 24 heavy (non-hydrogen) atoms. The van der Waals surface area contributed by atoms with Gasteiger partial charge in [0.15, 0.2) is 5.82 Å². The van der Waals surface area contributed by atoms with Crippen LogP contribution in [0.5, 0.6) is 0 Å². The average Bonchev–Trinajstić information content (AvgIpc) is 3.19. The minimum Gasteiger partial charge on any atom is -0.467 e. The molecular formula is C17H22N4O3. The van der Waals surface area contributed by atoms with Crippen molar-refractivity contribution in [2.24, 2.45) is 0 Å². The first kappa shape index (κ1) is 15.2. The summed E-state index contributed by atoms with van der Waals surface area (Å²) in [6, 6.07) is 3.71. The molecule has 1 saturated carbocycles. The molecule has 0 aromatic carbocycles. The van der Waals surface area contributed by atoms with Crippen LogP contribution in [0.25, 0.3) is 0 Å². The quantitative estimate of drug-likeness (QED) is 0.929. The van der Waals surface area contributed by atoms with Gasteiger partial charge in [0.2, 0.25) is 5.89 Å². The molecule has 2 fully saturated rings. The van der Waals surface area contributed by atoms with Gasteiger partial charge in [-0.25, -0.2) is 4.79 Å². The second-order valence-corrected chi connectivity index (χ2v) is 6.56. The van der Waals surface area contributed by atoms with E-state index in [1.54, 1.807) is 6.26 Å². The van der Waals surface area contributed by atoms with Gasteiger partial charge in [-0.15, -0.1) is 0 Å². The summed E-state index contributed by atoms with van der Waals surface area (Å²) < 4.78 is 10.8. The molecule has 128 valence electrons. The Kier molecular flexibility index (Phi) is 4.23. The Hall–Kier alpha value is -2.31. The molecule has 2 aliphatic rings. The Labute approximate surface area is 140 Å². The van der Waals surface area contributed by atoms with Crippen LogP contribution in [0.4, 0.5) is 4.79 Å². The lowest BCUT2D eigenvalue weighted by molar-refractivity contribution is 0.165. The number of nitrogens with one attached hydrogen (secondary N) is 1. The van der Waals surface area contributed by atoms with Gasteiger partial charge < -0.3 is 19.2 Å². The highest BCUT2D eigenvalue weighted by Crippen LogP contribution is 2.38. The predicted molar refractivity (Wildman–Crippen MR) is 85.1 cm³/mol. The zero-order chi connectivity index (χ0) is 16.4. The Morgan fingerprint density at radius 2 is 2.21 bits per heavy atom. The molecule has 0 radical (unpaired) electrons. The zero-order valence-electron chi connectivity index (χ0n) is 13.6. The van der Waals surface area contributed by atoms with Crippen LogP contribution in [-0.4, -0.2) is 27.6 Å². The van der Waals surface area contributed by atoms with Crippen molar-refractivity contribution >= 4 is 6.03 Å². The van der Waals surface area contributed by atoms with Crippen LogP contribution in [0, 0.1) is 0 Å². The molecule has 2 amide bonds. The van der Waals surface area contributed by atoms with Crippen molar-refractivity contribution in [1.82, 2.24) is 20.4 Å². The van der Waals surface area contributed by atoms with Crippen molar-refractivity contribution in [3.63, 3.8) is 0 Å². The lowest BCUT2D eigenvalue weighted by atomic mass is 10.1. The topological polar surface area (TPSA) is 84.4 Å². The molecule has 4 rings (SSSR count). The molecule has 3 heterocycles. The van der Waals surface area contributed by atoms with E-state index in [2.05, 4.69) is 15.5 Å². The number of urea groups is 1. The molecule has 1 unspecified atom stereocenters. The highest BCUT2D eigenvalue weighted by molar-refractivity contribution is 5.74. The Morgan fingerprint density at radius 1 is 1.29 bits per heavy atom. The summed E-state index contributed by atoms with van der Waals surface area (Å²) >= 11 is 0. The monoisotopic (exact) mass is 330 g/mol. The fourth-order valence-electron chi connectivity index (χ4n) is 3.22. The summed E-state index contributed by atoms with van der Waals surface area (Å²) in [6.07, 6.45) is 8.07. The number of carbonyl (C=O) groups is 1. The van der Waals surface area contributed by atoms with Gasteiger partial charge in [0.25, 0.3) is 0 Å². The number of nitrogens with zero attached hydrogens (tertiary/aromatic N) is 3. The van der Waals surface area contributed by atoms with E-state index in [9.17, 15) is 4.79 Å². The maximum absolute atomic E-state index is 12.7. The Bertz CT molecular complexity index is 678. The van der Waals surface area contributed by atoms with Gasteiger partial charge in [0, 0.05) is 12.5 Å². The average molecular weight is 330 g/mol. The second-order valence-electron chi connectivity index (χ2n) is 6.56. The van der Waals surface area contributed by atoms with E-state index >= 15 is 0 Å². The molecule has 1 N–H and O–H groups in total. The molecular weight excluding hydrogens is 308 g/mol. The van der Waals surface area contributed by atoms with Gasteiger partial charge in [-0.1, -0.05) is 18.0 Å². The van der Waals surface area contributed by atoms with Crippen LogP contribution in [0.1, 0.15) is 68.0 Å². The minimum atomic E-state index is -0.101. The van der Waals surface area contributed by atoms with Crippen molar-refractivity contribution in [2.75, 3.05) is 6.54 Å². The first-order valence-electron chi connectivity index (χ1n) is 8.71. The molecule has 2 aromatic heterocycles. The van der Waals surface area contributed by atoms with Crippen molar-refractivity contribution in [2.45, 2.75) is 57.0 Å². The summed E-state index contributed by atoms with van der Waals surface area (Å²) in [7, 11) is 0. The van der Waals surface area contributed by atoms with Crippen molar-refractivity contribution < 1.29 is 13.7 Å². The highest BCUT2D eigenvalue weighted by atomic mass is 16.5. The van der Waals surface area contributed by atoms with E-state index in [0.29, 0.717) is 17.6 Å². The van der Waals surface area contributed by atoms with Gasteiger partial charge in [-0.2, -0.15) is 4.98 Å². The van der Waals surface area contributed by atoms with Gasteiger partial charge in [0.1, 0.15) is 5.76 Å². The van der Waals surface area contributed by atoms with Crippen LogP contribution >= 0.6 is 0 Å². The highest BCUT2D eigenvalue weighted by Gasteiger charge is 2.30. The smallest absolute Gasteiger partial charge is 0.318 e. The summed E-state index contributed by atoms with van der Waals surface area (Å²) in [5, 5.41) is 6.87. The third-order valence-electron chi connectivity index (χ3n) is 4.69. The normalized spacial score (nSPS) is 21.5. The fraction of sp³-hybridized carbons (Fsp3) is 0.588. The summed E-state index contributed by atoms with van der Waals surface area (Å²) in [5.41, 5.74) is 0. The number of hydrogen-bond acceptors (Lipinski definition) is 5. The second kappa shape index (κ2) is 6.67. The molecule has 7 heteroatoms. The van der Waals surface area contributed by atoms with Gasteiger partial charge in [-0.3, -0.25) is 0 Å². The first-order valence-corrected chi connectivity index (χ1v) is 8.71. The van der Waals surface area contributed by atoms with E-state index in [-0.39, 0.29) is 18.6 Å². The molecule has 1 atom stereocenters. The number of furan rings is 1. The molecule has 1 saturated heterocycles. The van der Waals surface area contributed by atoms with Crippen molar-refractivity contribution in [3.8, 4) is 0 Å². The molecule has 0 bridgehead atoms. The fourth-order valence-corrected chi connectivity index (χ4v) is 3.22. The molecule has 7 nitrogen and oxygen atoms in total. The van der Waals surface area contributed by atoms with Crippen LogP contribution in [0.2, 0.25) is 0 Å². The maximum Gasteiger partial charge on any atom is 0.318 e. The van der Waals surface area contributed by atoms with E-state index in [0.717, 1.165) is 50.8 Å². The number of likely N-dealkylation sites (tertiary alicyclic amines) is 1. The summed E-state index contributed by atoms with van der Waals surface area (Å²) in [4.78, 5) is 18.9. The van der Waals surface area contributed by atoms with Crippen LogP contribution in [0.3, 0.4) is 0 Å². The largest absolute Gasteiger partial charge is 0.467 e. The van der Waals surface area contributed by atoms with Crippen LogP contribution in [0.15, 0.2) is 27.3 Å². The van der Waals surface area contributed by atoms with Crippen LogP contribution in [-0.2, 0) is 6.54 Å². The number of rotatable bonds is 4. The maximum atomic E-state index is 12.7. The lowest BCUT2D eigenvalue weighted by Gasteiger charge is -2.28. The van der Waals surface area contributed by atoms with E-state index < -0.39 is 0 Å². The predicted octanol–water partition coefficient (Wildman–Crippen LogP) is 3.37. The SMILES string of the molecule is O=C(NCc1noc(C2CC2)n1)N1CCCCCC1c1ccco1. The van der Waals surface area contributed by atoms with Crippen molar-refractivity contribution in [1.29, 1.82) is 0 Å². The zero-order valence-corrected chi connectivity index (χ0v) is 13.6. The van der Waals surface area contributed by atoms with E-state index in [1.165, 1.54) is 0 Å². The molecule has 1 aliphatic heterocycles. The van der Waals surface area contributed by atoms with Gasteiger partial charge in [0.05, 0.1) is 18.8 Å². The molecule has 1 aliphatic carbocycles. The summed E-state index contributed by atoms with van der Waals surface area (Å²) in [6.45, 7) is 1.02. The lowest BCUT2D eigenvalue weighted by Crippen LogP contribution is -2.42. The Morgan fingerprint density at radius 3 is 3.00 bits per heavy atom. The number of carbonyl (C=O) groups excluding carboxylic acids is 1. The van der Waals surface area contributed by atoms with Crippen LogP contribution < -0.4 is 5.32 Å². The van der Waals surface area contributed by atoms with Gasteiger partial charge >= 0.3 is 6.03 Å². The number of amides is 2. The standard InChI is InChI=1S/C17H22N4O3/c22-17(18-11-15-19-16(24-20-15)12-7-8-12)21-9-3-1-2-5-13(21)14-6-4-10-23-14/h4,6,10,12-13H,1-3,5,7-9,11H2,(H,18,22). The van der Waals surface area contributed by atoms with E-state index in [1.807, 2.05) is 17.0 Å². The van der Waals surface area contributed by atoms with E-state index in [4.69, 9.17) is 8.94 Å². The summed E-state index contributed by atoms with van der Waals surface area (Å²) in [5.74, 6) is 2.51. The number of aromatic nitrogens is 2. The third kappa shape index (κ3) is 3.29. The Balaban J connectivity index is 1.40. The first-order chi connectivity index (χ1) is 11.8.